The van der Waals surface area contributed by atoms with E-state index in [0.717, 1.165) is 19.4 Å². The first-order valence-electron chi connectivity index (χ1n) is 5.65. The summed E-state index contributed by atoms with van der Waals surface area (Å²) in [6, 6.07) is 0. The first-order valence-corrected chi connectivity index (χ1v) is 5.65. The van der Waals surface area contributed by atoms with Crippen molar-refractivity contribution in [3.05, 3.63) is 0 Å². The van der Waals surface area contributed by atoms with Gasteiger partial charge in [0.15, 0.2) is 0 Å². The molecule has 1 heterocycles. The topological polar surface area (TPSA) is 55.8 Å². The Hall–Kier alpha value is -0.610. The van der Waals surface area contributed by atoms with E-state index in [4.69, 9.17) is 9.47 Å². The summed E-state index contributed by atoms with van der Waals surface area (Å²) in [5, 5.41) is 9.74. The smallest absolute Gasteiger partial charge is 0.305 e. The number of carbonyl (C=O) groups excluding carboxylic acids is 1. The summed E-state index contributed by atoms with van der Waals surface area (Å²) < 4.78 is 10.1. The van der Waals surface area contributed by atoms with E-state index in [1.165, 1.54) is 0 Å². The third-order valence-electron chi connectivity index (χ3n) is 2.62. The van der Waals surface area contributed by atoms with Crippen LogP contribution < -0.4 is 0 Å². The van der Waals surface area contributed by atoms with Crippen molar-refractivity contribution in [3.63, 3.8) is 0 Å². The lowest BCUT2D eigenvalue weighted by Crippen LogP contribution is -2.22. The van der Waals surface area contributed by atoms with Gasteiger partial charge in [0.2, 0.25) is 0 Å². The van der Waals surface area contributed by atoms with Crippen LogP contribution in [-0.2, 0) is 14.3 Å². The molecule has 1 rings (SSSR count). The van der Waals surface area contributed by atoms with Crippen molar-refractivity contribution in [2.45, 2.75) is 38.7 Å². The van der Waals surface area contributed by atoms with Crippen molar-refractivity contribution < 1.29 is 19.4 Å². The van der Waals surface area contributed by atoms with Crippen molar-refractivity contribution in [2.24, 2.45) is 5.92 Å². The average Bonchev–Trinajstić information content (AvgIpc) is 2.76. The van der Waals surface area contributed by atoms with Gasteiger partial charge in [0.05, 0.1) is 19.3 Å². The fourth-order valence-electron chi connectivity index (χ4n) is 1.65. The van der Waals surface area contributed by atoms with Crippen molar-refractivity contribution >= 4 is 5.97 Å². The lowest BCUT2D eigenvalue weighted by atomic mass is 9.98. The second-order valence-electron chi connectivity index (χ2n) is 3.95. The third-order valence-corrected chi connectivity index (χ3v) is 2.62. The average molecular weight is 216 g/mol. The molecule has 2 atom stereocenters. The van der Waals surface area contributed by atoms with Gasteiger partial charge in [-0.3, -0.25) is 4.79 Å². The fraction of sp³-hybridized carbons (Fsp3) is 0.909. The molecule has 4 nitrogen and oxygen atoms in total. The largest absolute Gasteiger partial charge is 0.466 e. The number of hydrogen-bond acceptors (Lipinski definition) is 4. The summed E-state index contributed by atoms with van der Waals surface area (Å²) in [5.41, 5.74) is 0. The van der Waals surface area contributed by atoms with Crippen LogP contribution in [0.5, 0.6) is 0 Å². The Bertz CT molecular complexity index is 187. The number of hydrogen-bond donors (Lipinski definition) is 1. The number of rotatable bonds is 6. The van der Waals surface area contributed by atoms with E-state index in [1.807, 2.05) is 6.92 Å². The Balaban J connectivity index is 2.09. The van der Waals surface area contributed by atoms with E-state index in [2.05, 4.69) is 0 Å². The van der Waals surface area contributed by atoms with Gasteiger partial charge < -0.3 is 14.6 Å². The second-order valence-corrected chi connectivity index (χ2v) is 3.95. The molecule has 2 unspecified atom stereocenters. The summed E-state index contributed by atoms with van der Waals surface area (Å²) in [4.78, 5) is 11.2. The molecule has 0 aliphatic carbocycles. The van der Waals surface area contributed by atoms with Crippen LogP contribution in [0.1, 0.15) is 32.6 Å². The second kappa shape index (κ2) is 6.80. The van der Waals surface area contributed by atoms with Gasteiger partial charge in [0, 0.05) is 18.9 Å². The van der Waals surface area contributed by atoms with Gasteiger partial charge in [-0.15, -0.1) is 0 Å². The van der Waals surface area contributed by atoms with Gasteiger partial charge in [0.1, 0.15) is 0 Å². The zero-order valence-electron chi connectivity index (χ0n) is 9.28. The molecule has 0 saturated carbocycles. The number of esters is 1. The van der Waals surface area contributed by atoms with Crippen molar-refractivity contribution in [3.8, 4) is 0 Å². The predicted octanol–water partition coefficient (Wildman–Crippen LogP) is 1.12. The predicted molar refractivity (Wildman–Crippen MR) is 55.4 cm³/mol. The SMILES string of the molecule is CCCOC(=O)CCC(O)C1CCOC1. The van der Waals surface area contributed by atoms with E-state index >= 15 is 0 Å². The zero-order valence-corrected chi connectivity index (χ0v) is 9.28. The number of carbonyl (C=O) groups is 1. The quantitative estimate of drug-likeness (QED) is 0.676. The minimum absolute atomic E-state index is 0.198. The summed E-state index contributed by atoms with van der Waals surface area (Å²) in [6.07, 6.45) is 2.09. The van der Waals surface area contributed by atoms with Crippen molar-refractivity contribution in [1.29, 1.82) is 0 Å². The minimum atomic E-state index is -0.429. The van der Waals surface area contributed by atoms with Crippen molar-refractivity contribution in [2.75, 3.05) is 19.8 Å². The van der Waals surface area contributed by atoms with Crippen molar-refractivity contribution in [1.82, 2.24) is 0 Å². The van der Waals surface area contributed by atoms with E-state index in [9.17, 15) is 9.90 Å². The maximum atomic E-state index is 11.2. The Labute approximate surface area is 90.6 Å². The lowest BCUT2D eigenvalue weighted by molar-refractivity contribution is -0.144. The minimum Gasteiger partial charge on any atom is -0.466 e. The third kappa shape index (κ3) is 4.62. The van der Waals surface area contributed by atoms with Gasteiger partial charge in [0.25, 0.3) is 0 Å². The van der Waals surface area contributed by atoms with E-state index in [0.29, 0.717) is 26.1 Å². The molecule has 0 radical (unpaired) electrons. The summed E-state index contributed by atoms with van der Waals surface area (Å²) >= 11 is 0. The normalized spacial score (nSPS) is 22.7. The molecule has 0 spiro atoms. The van der Waals surface area contributed by atoms with Gasteiger partial charge in [-0.05, 0) is 19.3 Å². The van der Waals surface area contributed by atoms with Crippen LogP contribution in [0.2, 0.25) is 0 Å². The molecule has 1 N–H and O–H groups in total. The highest BCUT2D eigenvalue weighted by Crippen LogP contribution is 2.19. The van der Waals surface area contributed by atoms with Crippen LogP contribution in [0.4, 0.5) is 0 Å². The maximum absolute atomic E-state index is 11.2. The first-order chi connectivity index (χ1) is 7.24. The van der Waals surface area contributed by atoms with Gasteiger partial charge in [-0.25, -0.2) is 0 Å². The standard InChI is InChI=1S/C11H20O4/c1-2-6-15-11(13)4-3-10(12)9-5-7-14-8-9/h9-10,12H,2-8H2,1H3. The summed E-state index contributed by atoms with van der Waals surface area (Å²) in [5.74, 6) is -0.0150. The zero-order chi connectivity index (χ0) is 11.1. The van der Waals surface area contributed by atoms with Gasteiger partial charge >= 0.3 is 5.97 Å². The Kier molecular flexibility index (Phi) is 5.65. The molecule has 0 aromatic rings. The lowest BCUT2D eigenvalue weighted by Gasteiger charge is -2.15. The number of ether oxygens (including phenoxy) is 2. The van der Waals surface area contributed by atoms with E-state index in [1.54, 1.807) is 0 Å². The highest BCUT2D eigenvalue weighted by Gasteiger charge is 2.24. The number of aliphatic hydroxyl groups excluding tert-OH is 1. The van der Waals surface area contributed by atoms with E-state index < -0.39 is 6.10 Å². The molecule has 15 heavy (non-hydrogen) atoms. The highest BCUT2D eigenvalue weighted by atomic mass is 16.5. The maximum Gasteiger partial charge on any atom is 0.305 e. The first kappa shape index (κ1) is 12.5. The fourth-order valence-corrected chi connectivity index (χ4v) is 1.65. The van der Waals surface area contributed by atoms with Crippen LogP contribution in [0.25, 0.3) is 0 Å². The molecule has 0 aromatic carbocycles. The Morgan fingerprint density at radius 1 is 1.67 bits per heavy atom. The molecule has 1 aliphatic heterocycles. The molecule has 88 valence electrons. The Morgan fingerprint density at radius 2 is 2.47 bits per heavy atom. The highest BCUT2D eigenvalue weighted by molar-refractivity contribution is 5.69. The molecule has 1 aliphatic rings. The molecule has 0 amide bonds. The van der Waals surface area contributed by atoms with Crippen LogP contribution >= 0.6 is 0 Å². The summed E-state index contributed by atoms with van der Waals surface area (Å²) in [7, 11) is 0. The van der Waals surface area contributed by atoms with Crippen LogP contribution in [0.3, 0.4) is 0 Å². The molecule has 4 heteroatoms. The van der Waals surface area contributed by atoms with Crippen LogP contribution in [0.15, 0.2) is 0 Å². The summed E-state index contributed by atoms with van der Waals surface area (Å²) in [6.45, 7) is 3.77. The number of aliphatic hydroxyl groups is 1. The molecular weight excluding hydrogens is 196 g/mol. The van der Waals surface area contributed by atoms with Gasteiger partial charge in [-0.2, -0.15) is 0 Å². The van der Waals surface area contributed by atoms with Gasteiger partial charge in [-0.1, -0.05) is 6.92 Å². The Morgan fingerprint density at radius 3 is 3.07 bits per heavy atom. The molecule has 0 bridgehead atoms. The van der Waals surface area contributed by atoms with Crippen LogP contribution in [-0.4, -0.2) is 37.0 Å². The monoisotopic (exact) mass is 216 g/mol. The molecule has 0 aromatic heterocycles. The van der Waals surface area contributed by atoms with Crippen LogP contribution in [0, 0.1) is 5.92 Å². The molecule has 1 saturated heterocycles. The molecular formula is C11H20O4. The van der Waals surface area contributed by atoms with E-state index in [-0.39, 0.29) is 11.9 Å². The molecule has 1 fully saturated rings.